The van der Waals surface area contributed by atoms with Gasteiger partial charge in [-0.1, -0.05) is 54.5 Å². The molecule has 13 heteroatoms. The molecule has 0 aromatic heterocycles. The average molecular weight is 723 g/mol. The van der Waals surface area contributed by atoms with Crippen molar-refractivity contribution in [2.75, 3.05) is 41.8 Å². The molecule has 1 aliphatic heterocycles. The highest BCUT2D eigenvalue weighted by molar-refractivity contribution is 6.74. The molecule has 1 fully saturated rings. The van der Waals surface area contributed by atoms with Gasteiger partial charge >= 0.3 is 5.97 Å². The molecule has 3 unspecified atom stereocenters. The van der Waals surface area contributed by atoms with Crippen LogP contribution < -0.4 is 0 Å². The summed E-state index contributed by atoms with van der Waals surface area (Å²) < 4.78 is 40.1. The van der Waals surface area contributed by atoms with Gasteiger partial charge < -0.3 is 53.3 Å². The first kappa shape index (κ1) is 46.0. The molecule has 1 aliphatic rings. The van der Waals surface area contributed by atoms with Crippen LogP contribution in [0.4, 0.5) is 0 Å². The molecule has 0 aromatic rings. The van der Waals surface area contributed by atoms with Gasteiger partial charge in [-0.2, -0.15) is 0 Å². The molecule has 1 saturated heterocycles. The van der Waals surface area contributed by atoms with Gasteiger partial charge in [-0.3, -0.25) is 0 Å². The third kappa shape index (κ3) is 12.3. The largest absolute Gasteiger partial charge is 0.479 e. The monoisotopic (exact) mass is 722 g/mol. The molecule has 0 aliphatic carbocycles. The van der Waals surface area contributed by atoms with Crippen molar-refractivity contribution in [3.05, 3.63) is 11.6 Å². The fourth-order valence-electron chi connectivity index (χ4n) is 6.19. The lowest BCUT2D eigenvalue weighted by molar-refractivity contribution is -0.365. The predicted molar refractivity (Wildman–Crippen MR) is 191 cm³/mol. The molecule has 290 valence electrons. The second-order valence-electron chi connectivity index (χ2n) is 15.8. The molecule has 0 radical (unpaired) electrons. The number of carboxylic acid groups (broad SMARTS) is 1. The molecule has 0 spiro atoms. The zero-order valence-electron chi connectivity index (χ0n) is 32.8. The van der Waals surface area contributed by atoms with Crippen molar-refractivity contribution < 1.29 is 58.1 Å². The summed E-state index contributed by atoms with van der Waals surface area (Å²) in [6.07, 6.45) is -2.07. The van der Waals surface area contributed by atoms with E-state index in [9.17, 15) is 25.2 Å². The fourth-order valence-corrected chi connectivity index (χ4v) is 7.26. The highest BCUT2D eigenvalue weighted by Gasteiger charge is 2.59. The van der Waals surface area contributed by atoms with E-state index in [4.69, 9.17) is 32.8 Å². The molecule has 49 heavy (non-hydrogen) atoms. The van der Waals surface area contributed by atoms with Gasteiger partial charge in [0, 0.05) is 72.1 Å². The summed E-state index contributed by atoms with van der Waals surface area (Å²) in [5.74, 6) is -3.50. The van der Waals surface area contributed by atoms with Crippen LogP contribution in [0.2, 0.25) is 18.1 Å². The van der Waals surface area contributed by atoms with Crippen LogP contribution in [0.1, 0.15) is 87.5 Å². The smallest absolute Gasteiger partial charge is 0.335 e. The van der Waals surface area contributed by atoms with Crippen molar-refractivity contribution in [3.63, 3.8) is 0 Å². The van der Waals surface area contributed by atoms with Crippen molar-refractivity contribution in [1.82, 2.24) is 0 Å². The number of hydrogen-bond acceptors (Lipinski definition) is 11. The minimum atomic E-state index is -1.91. The normalized spacial score (nSPS) is 26.6. The number of aliphatic hydroxyl groups is 3. The maximum atomic E-state index is 12.2. The number of rotatable bonds is 22. The van der Waals surface area contributed by atoms with Crippen LogP contribution in [0.5, 0.6) is 0 Å². The van der Waals surface area contributed by atoms with E-state index in [-0.39, 0.29) is 37.0 Å². The van der Waals surface area contributed by atoms with Crippen LogP contribution in [-0.2, 0) is 37.6 Å². The zero-order valence-corrected chi connectivity index (χ0v) is 33.8. The van der Waals surface area contributed by atoms with Crippen molar-refractivity contribution in [2.45, 2.75) is 154 Å². The third-order valence-corrected chi connectivity index (χ3v) is 15.6. The van der Waals surface area contributed by atoms with Gasteiger partial charge in [-0.15, -0.1) is 0 Å². The highest BCUT2D eigenvalue weighted by atomic mass is 28.4. The molecule has 0 aromatic carbocycles. The van der Waals surface area contributed by atoms with Gasteiger partial charge in [0.1, 0.15) is 6.79 Å². The number of ether oxygens (including phenoxy) is 6. The number of aliphatic hydroxyl groups excluding tert-OH is 2. The van der Waals surface area contributed by atoms with E-state index in [1.807, 2.05) is 6.92 Å². The Morgan fingerprint density at radius 1 is 1.06 bits per heavy atom. The SMILES string of the molecule is CCC(/C=C(/C)[C@@H](O)CC(C[C@H](O)C(C)(C)C1(O)O[C@@H](C[C@@H](OC)[C@H](OCOC)C(=O)O)C[C@@H](OC)[C@H]1C)OC)CO[Si](C)(C)C(C)(C)C. The van der Waals surface area contributed by atoms with E-state index in [0.29, 0.717) is 13.0 Å². The molecule has 1 rings (SSSR count). The first-order valence-corrected chi connectivity index (χ1v) is 20.5. The standard InChI is InChI=1S/C36H70O12Si/c1-15-25(21-47-49(13,14)34(4,5)6)16-23(2)28(37)17-26(43-10)20-31(38)35(7,8)36(41)24(3)29(44-11)18-27(48-36)19-30(45-12)32(33(39)40)46-22-42-9/h16,24-32,37-38,41H,15,17-22H2,1-14H3,(H,39,40)/b23-16-/t24-,25?,26?,27-,28+,29-,30-,31+,32+,36?/m1/s1. The lowest BCUT2D eigenvalue weighted by Gasteiger charge is -2.55. The van der Waals surface area contributed by atoms with Crippen molar-refractivity contribution in [1.29, 1.82) is 0 Å². The molecule has 12 nitrogen and oxygen atoms in total. The Balaban J connectivity index is 3.13. The van der Waals surface area contributed by atoms with Gasteiger partial charge in [-0.05, 0) is 43.0 Å². The van der Waals surface area contributed by atoms with Gasteiger partial charge in [0.05, 0.1) is 36.6 Å². The minimum absolute atomic E-state index is 0.0798. The molecular formula is C36H70O12Si. The fraction of sp³-hybridized carbons (Fsp3) is 0.917. The maximum Gasteiger partial charge on any atom is 0.335 e. The highest BCUT2D eigenvalue weighted by Crippen LogP contribution is 2.49. The van der Waals surface area contributed by atoms with E-state index in [1.54, 1.807) is 35.0 Å². The Hall–Kier alpha value is -0.973. The van der Waals surface area contributed by atoms with Crippen LogP contribution in [0, 0.1) is 17.3 Å². The Bertz CT molecular complexity index is 1010. The van der Waals surface area contributed by atoms with E-state index in [1.165, 1.54) is 14.2 Å². The maximum absolute atomic E-state index is 12.2. The van der Waals surface area contributed by atoms with Crippen LogP contribution >= 0.6 is 0 Å². The van der Waals surface area contributed by atoms with Crippen LogP contribution in [0.3, 0.4) is 0 Å². The number of methoxy groups -OCH3 is 4. The summed E-state index contributed by atoms with van der Waals surface area (Å²) >= 11 is 0. The lowest BCUT2D eigenvalue weighted by Crippen LogP contribution is -2.64. The minimum Gasteiger partial charge on any atom is -0.479 e. The quantitative estimate of drug-likeness (QED) is 0.0663. The number of hydrogen-bond donors (Lipinski definition) is 4. The first-order valence-electron chi connectivity index (χ1n) is 17.6. The summed E-state index contributed by atoms with van der Waals surface area (Å²) in [7, 11) is 3.96. The molecule has 0 bridgehead atoms. The Morgan fingerprint density at radius 2 is 1.67 bits per heavy atom. The summed E-state index contributed by atoms with van der Waals surface area (Å²) in [6, 6.07) is 0. The Kier molecular flexibility index (Phi) is 18.6. The molecule has 10 atom stereocenters. The zero-order chi connectivity index (χ0) is 38.0. The van der Waals surface area contributed by atoms with Crippen molar-refractivity contribution in [3.8, 4) is 0 Å². The molecule has 0 amide bonds. The Labute approximate surface area is 296 Å². The lowest BCUT2D eigenvalue weighted by atomic mass is 9.67. The second kappa shape index (κ2) is 19.7. The topological polar surface area (TPSA) is 163 Å². The molecular weight excluding hydrogens is 652 g/mol. The number of carbonyl (C=O) groups is 1. The second-order valence-corrected chi connectivity index (χ2v) is 20.6. The summed E-state index contributed by atoms with van der Waals surface area (Å²) in [6.45, 7) is 20.7. The van der Waals surface area contributed by atoms with E-state index >= 15 is 0 Å². The van der Waals surface area contributed by atoms with E-state index in [0.717, 1.165) is 12.0 Å². The summed E-state index contributed by atoms with van der Waals surface area (Å²) in [4.78, 5) is 12.0. The van der Waals surface area contributed by atoms with Crippen LogP contribution in [0.15, 0.2) is 11.6 Å². The first-order chi connectivity index (χ1) is 22.6. The van der Waals surface area contributed by atoms with Gasteiger partial charge in [0.15, 0.2) is 20.2 Å². The number of carboxylic acids is 1. The molecule has 0 saturated carbocycles. The summed E-state index contributed by atoms with van der Waals surface area (Å²) in [5.41, 5.74) is -0.429. The molecule has 4 N–H and O–H groups in total. The molecule has 1 heterocycles. The van der Waals surface area contributed by atoms with E-state index < -0.39 is 74.1 Å². The predicted octanol–water partition coefficient (Wildman–Crippen LogP) is 5.13. The van der Waals surface area contributed by atoms with Gasteiger partial charge in [0.25, 0.3) is 0 Å². The number of aliphatic carboxylic acids is 1. The van der Waals surface area contributed by atoms with Gasteiger partial charge in [0.2, 0.25) is 0 Å². The van der Waals surface area contributed by atoms with Crippen molar-refractivity contribution >= 4 is 14.3 Å². The summed E-state index contributed by atoms with van der Waals surface area (Å²) in [5, 5.41) is 45.0. The Morgan fingerprint density at radius 3 is 2.14 bits per heavy atom. The van der Waals surface area contributed by atoms with Crippen LogP contribution in [-0.4, -0.2) is 125 Å². The van der Waals surface area contributed by atoms with Crippen LogP contribution in [0.25, 0.3) is 0 Å². The third-order valence-electron chi connectivity index (χ3n) is 11.1. The van der Waals surface area contributed by atoms with Crippen molar-refractivity contribution in [2.24, 2.45) is 17.3 Å². The van der Waals surface area contributed by atoms with E-state index in [2.05, 4.69) is 46.9 Å². The average Bonchev–Trinajstić information content (AvgIpc) is 3.02. The van der Waals surface area contributed by atoms with Gasteiger partial charge in [-0.25, -0.2) is 4.79 Å².